The van der Waals surface area contributed by atoms with Gasteiger partial charge in [-0.2, -0.15) is 0 Å². The Bertz CT molecular complexity index is 1670. The van der Waals surface area contributed by atoms with Crippen molar-refractivity contribution >= 4 is 28.4 Å². The van der Waals surface area contributed by atoms with Gasteiger partial charge in [0.15, 0.2) is 0 Å². The molecule has 0 fully saturated rings. The van der Waals surface area contributed by atoms with Gasteiger partial charge in [-0.05, 0) is 111 Å². The second kappa shape index (κ2) is 16.1. The zero-order chi connectivity index (χ0) is 34.2. The zero-order valence-electron chi connectivity index (χ0n) is 29.7. The van der Waals surface area contributed by atoms with Crippen molar-refractivity contribution in [2.24, 2.45) is 0 Å². The Morgan fingerprint density at radius 2 is 1.55 bits per heavy atom. The molecule has 0 aliphatic rings. The lowest BCUT2D eigenvalue weighted by molar-refractivity contribution is 0.142. The number of aromatic amines is 1. The standard InChI is InChI=1S/C39H53N5O3/c1-10-11-18-44(35-24-30-15-13-17-40-37(30)42-38(35)45)39(46)41-36-33(25(2)3)22-31(23-34(36)26(4)5)29-14-12-16-32(21-29)47-20-19-43(27(6)7)28(8)9/h12-17,21-28H,10-11,18-20H2,1-9H3,(H,41,46)(H,40,42,45). The number of H-pyrrole nitrogens is 1. The lowest BCUT2D eigenvalue weighted by Gasteiger charge is -2.30. The van der Waals surface area contributed by atoms with Crippen LogP contribution in [-0.2, 0) is 0 Å². The van der Waals surface area contributed by atoms with Crippen LogP contribution >= 0.6 is 0 Å². The zero-order valence-corrected chi connectivity index (χ0v) is 29.7. The van der Waals surface area contributed by atoms with Gasteiger partial charge in [-0.1, -0.05) is 53.2 Å². The van der Waals surface area contributed by atoms with E-state index in [1.165, 1.54) is 0 Å². The van der Waals surface area contributed by atoms with Crippen molar-refractivity contribution in [3.05, 3.63) is 82.3 Å². The maximum absolute atomic E-state index is 14.1. The number of fused-ring (bicyclic) bond motifs is 1. The number of hydrogen-bond acceptors (Lipinski definition) is 5. The average molecular weight is 640 g/mol. The van der Waals surface area contributed by atoms with Crippen molar-refractivity contribution in [3.8, 4) is 16.9 Å². The predicted octanol–water partition coefficient (Wildman–Crippen LogP) is 9.17. The first kappa shape index (κ1) is 35.7. The summed E-state index contributed by atoms with van der Waals surface area (Å²) < 4.78 is 6.23. The summed E-state index contributed by atoms with van der Waals surface area (Å²) in [4.78, 5) is 38.4. The van der Waals surface area contributed by atoms with Crippen LogP contribution in [0.4, 0.5) is 16.2 Å². The van der Waals surface area contributed by atoms with Gasteiger partial charge in [0.2, 0.25) is 0 Å². The molecule has 0 unspecified atom stereocenters. The van der Waals surface area contributed by atoms with Crippen LogP contribution in [-0.4, -0.2) is 52.7 Å². The Kier molecular flexibility index (Phi) is 12.2. The number of benzene rings is 2. The highest BCUT2D eigenvalue weighted by Crippen LogP contribution is 2.38. The molecule has 0 saturated carbocycles. The number of hydrogen-bond donors (Lipinski definition) is 2. The molecular formula is C39H53N5O3. The minimum atomic E-state index is -0.339. The van der Waals surface area contributed by atoms with Crippen molar-refractivity contribution in [3.63, 3.8) is 0 Å². The largest absolute Gasteiger partial charge is 0.492 e. The van der Waals surface area contributed by atoms with Crippen LogP contribution < -0.4 is 20.5 Å². The normalized spacial score (nSPS) is 11.8. The molecule has 4 rings (SSSR count). The Hall–Kier alpha value is -4.17. The number of pyridine rings is 2. The summed E-state index contributed by atoms with van der Waals surface area (Å²) >= 11 is 0. The Morgan fingerprint density at radius 3 is 2.17 bits per heavy atom. The second-order valence-electron chi connectivity index (χ2n) is 13.5. The molecule has 2 amide bonds. The number of urea groups is 1. The summed E-state index contributed by atoms with van der Waals surface area (Å²) in [5.74, 6) is 1.12. The molecule has 8 heteroatoms. The first-order chi connectivity index (χ1) is 22.4. The average Bonchev–Trinajstić information content (AvgIpc) is 3.03. The maximum Gasteiger partial charge on any atom is 0.326 e. The van der Waals surface area contributed by atoms with E-state index in [0.717, 1.165) is 58.5 Å². The monoisotopic (exact) mass is 639 g/mol. The first-order valence-corrected chi connectivity index (χ1v) is 17.1. The van der Waals surface area contributed by atoms with E-state index < -0.39 is 0 Å². The van der Waals surface area contributed by atoms with Crippen LogP contribution in [0.2, 0.25) is 0 Å². The second-order valence-corrected chi connectivity index (χ2v) is 13.5. The lowest BCUT2D eigenvalue weighted by Crippen LogP contribution is -2.39. The quantitative estimate of drug-likeness (QED) is 0.144. The fourth-order valence-corrected chi connectivity index (χ4v) is 6.10. The van der Waals surface area contributed by atoms with E-state index in [1.807, 2.05) is 24.3 Å². The smallest absolute Gasteiger partial charge is 0.326 e. The van der Waals surface area contributed by atoms with Gasteiger partial charge in [-0.15, -0.1) is 0 Å². The molecule has 2 heterocycles. The molecule has 47 heavy (non-hydrogen) atoms. The number of carbonyl (C=O) groups is 1. The Labute approximate surface area is 280 Å². The van der Waals surface area contributed by atoms with Gasteiger partial charge in [0.25, 0.3) is 5.56 Å². The first-order valence-electron chi connectivity index (χ1n) is 17.1. The summed E-state index contributed by atoms with van der Waals surface area (Å²) in [6.45, 7) is 21.4. The molecule has 0 radical (unpaired) electrons. The summed E-state index contributed by atoms with van der Waals surface area (Å²) in [6.07, 6.45) is 3.29. The molecule has 0 bridgehead atoms. The van der Waals surface area contributed by atoms with Gasteiger partial charge in [0, 0.05) is 42.4 Å². The summed E-state index contributed by atoms with van der Waals surface area (Å²) in [5.41, 5.74) is 5.51. The molecule has 0 aliphatic heterocycles. The van der Waals surface area contributed by atoms with Gasteiger partial charge < -0.3 is 15.0 Å². The number of ether oxygens (including phenoxy) is 1. The third kappa shape index (κ3) is 8.80. The number of aromatic nitrogens is 2. The van der Waals surface area contributed by atoms with Crippen molar-refractivity contribution < 1.29 is 9.53 Å². The van der Waals surface area contributed by atoms with Crippen molar-refractivity contribution in [2.75, 3.05) is 29.9 Å². The molecule has 0 saturated heterocycles. The van der Waals surface area contributed by atoms with E-state index in [2.05, 4.69) is 107 Å². The van der Waals surface area contributed by atoms with Crippen LogP contribution in [0.15, 0.2) is 65.6 Å². The highest BCUT2D eigenvalue weighted by Gasteiger charge is 2.24. The Morgan fingerprint density at radius 1 is 0.872 bits per heavy atom. The van der Waals surface area contributed by atoms with Crippen LogP contribution in [0, 0.1) is 0 Å². The number of carbonyl (C=O) groups excluding carboxylic acids is 1. The van der Waals surface area contributed by atoms with E-state index in [4.69, 9.17) is 4.74 Å². The van der Waals surface area contributed by atoms with Crippen LogP contribution in [0.25, 0.3) is 22.2 Å². The van der Waals surface area contributed by atoms with Gasteiger partial charge in [0.05, 0.1) is 0 Å². The molecule has 0 spiro atoms. The molecule has 2 aromatic heterocycles. The molecule has 8 nitrogen and oxygen atoms in total. The molecule has 2 aromatic carbocycles. The topological polar surface area (TPSA) is 90.6 Å². The molecule has 4 aromatic rings. The number of nitrogens with zero attached hydrogens (tertiary/aromatic N) is 3. The molecular weight excluding hydrogens is 586 g/mol. The number of amides is 2. The summed E-state index contributed by atoms with van der Waals surface area (Å²) in [7, 11) is 0. The number of nitrogens with one attached hydrogen (secondary N) is 2. The van der Waals surface area contributed by atoms with Crippen LogP contribution in [0.3, 0.4) is 0 Å². The van der Waals surface area contributed by atoms with Crippen molar-refractivity contribution in [2.45, 2.75) is 99.1 Å². The van der Waals surface area contributed by atoms with E-state index in [0.29, 0.717) is 36.6 Å². The molecule has 2 N–H and O–H groups in total. The van der Waals surface area contributed by atoms with Gasteiger partial charge >= 0.3 is 6.03 Å². The number of rotatable bonds is 14. The van der Waals surface area contributed by atoms with E-state index in [-0.39, 0.29) is 23.4 Å². The highest BCUT2D eigenvalue weighted by atomic mass is 16.5. The molecule has 0 aliphatic carbocycles. The summed E-state index contributed by atoms with van der Waals surface area (Å²) in [6, 6.07) is 18.7. The van der Waals surface area contributed by atoms with E-state index >= 15 is 0 Å². The van der Waals surface area contributed by atoms with Gasteiger partial charge in [-0.25, -0.2) is 9.78 Å². The van der Waals surface area contributed by atoms with Crippen LogP contribution in [0.5, 0.6) is 5.75 Å². The van der Waals surface area contributed by atoms with Gasteiger partial charge in [0.1, 0.15) is 23.7 Å². The predicted molar refractivity (Wildman–Crippen MR) is 196 cm³/mol. The highest BCUT2D eigenvalue weighted by molar-refractivity contribution is 6.03. The molecule has 0 atom stereocenters. The Balaban J connectivity index is 1.68. The minimum Gasteiger partial charge on any atom is -0.492 e. The van der Waals surface area contributed by atoms with E-state index in [1.54, 1.807) is 17.2 Å². The fourth-order valence-electron chi connectivity index (χ4n) is 6.10. The maximum atomic E-state index is 14.1. The fraction of sp³-hybridized carbons (Fsp3) is 0.462. The minimum absolute atomic E-state index is 0.138. The van der Waals surface area contributed by atoms with Gasteiger partial charge in [-0.3, -0.25) is 14.6 Å². The van der Waals surface area contributed by atoms with Crippen molar-refractivity contribution in [1.82, 2.24) is 14.9 Å². The SMILES string of the molecule is CCCCN(C(=O)Nc1c(C(C)C)cc(-c2cccc(OCCN(C(C)C)C(C)C)c2)cc1C(C)C)c1cc2cccnc2[nH]c1=O. The lowest BCUT2D eigenvalue weighted by atomic mass is 9.88. The van der Waals surface area contributed by atoms with Crippen LogP contribution in [0.1, 0.15) is 98.1 Å². The summed E-state index contributed by atoms with van der Waals surface area (Å²) in [5, 5.41) is 4.03. The third-order valence-electron chi connectivity index (χ3n) is 8.65. The molecule has 252 valence electrons. The third-order valence-corrected chi connectivity index (χ3v) is 8.65. The van der Waals surface area contributed by atoms with Crippen molar-refractivity contribution in [1.29, 1.82) is 0 Å². The van der Waals surface area contributed by atoms with E-state index in [9.17, 15) is 9.59 Å². The number of unbranched alkanes of at least 4 members (excludes halogenated alkanes) is 1. The number of anilines is 2.